The number of hydrogen-bond donors (Lipinski definition) is 0. The summed E-state index contributed by atoms with van der Waals surface area (Å²) >= 11 is 1.19. The van der Waals surface area contributed by atoms with Crippen LogP contribution in [0.25, 0.3) is 11.5 Å². The molecule has 0 aliphatic rings. The van der Waals surface area contributed by atoms with Gasteiger partial charge in [0.1, 0.15) is 5.25 Å². The van der Waals surface area contributed by atoms with Crippen molar-refractivity contribution in [3.63, 3.8) is 0 Å². The monoisotopic (exact) mass is 442 g/mol. The molecule has 9 heteroatoms. The van der Waals surface area contributed by atoms with E-state index >= 15 is 0 Å². The third kappa shape index (κ3) is 5.08. The number of hydrogen-bond acceptors (Lipinski definition) is 7. The normalized spacial score (nSPS) is 12.6. The van der Waals surface area contributed by atoms with Crippen LogP contribution in [-0.4, -0.2) is 41.3 Å². The number of thioether (sulfide) groups is 1. The lowest BCUT2D eigenvalue weighted by Crippen LogP contribution is -2.30. The van der Waals surface area contributed by atoms with Crippen molar-refractivity contribution in [2.24, 2.45) is 0 Å². The maximum absolute atomic E-state index is 12.8. The highest BCUT2D eigenvalue weighted by Gasteiger charge is 2.23. The molecule has 1 heterocycles. The van der Waals surface area contributed by atoms with Crippen LogP contribution < -0.4 is 0 Å². The van der Waals surface area contributed by atoms with Gasteiger partial charge in [0.25, 0.3) is 5.22 Å². The minimum atomic E-state index is -3.59. The Balaban J connectivity index is 1.78. The highest BCUT2D eigenvalue weighted by Crippen LogP contribution is 2.29. The van der Waals surface area contributed by atoms with Gasteiger partial charge in [-0.2, -0.15) is 9.57 Å². The third-order valence-electron chi connectivity index (χ3n) is 4.48. The fourth-order valence-corrected chi connectivity index (χ4v) is 5.23. The average Bonchev–Trinajstić information content (AvgIpc) is 3.23. The van der Waals surface area contributed by atoms with Crippen LogP contribution in [0.1, 0.15) is 19.4 Å². The summed E-state index contributed by atoms with van der Waals surface area (Å²) in [6.45, 7) is 4.38. The van der Waals surface area contributed by atoms with Gasteiger partial charge in [0, 0.05) is 18.7 Å². The highest BCUT2D eigenvalue weighted by molar-refractivity contribution is 7.99. The van der Waals surface area contributed by atoms with Crippen molar-refractivity contribution in [2.75, 3.05) is 13.1 Å². The van der Waals surface area contributed by atoms with Crippen LogP contribution in [-0.2, 0) is 16.4 Å². The predicted molar refractivity (Wildman–Crippen MR) is 115 cm³/mol. The number of aromatic nitrogens is 2. The van der Waals surface area contributed by atoms with E-state index in [4.69, 9.17) is 4.42 Å². The van der Waals surface area contributed by atoms with Crippen LogP contribution in [0.2, 0.25) is 0 Å². The molecule has 0 saturated heterocycles. The molecule has 1 atom stereocenters. The average molecular weight is 443 g/mol. The van der Waals surface area contributed by atoms with Gasteiger partial charge >= 0.3 is 0 Å². The molecule has 0 aliphatic carbocycles. The summed E-state index contributed by atoms with van der Waals surface area (Å²) in [5.74, 6) is 0.213. The van der Waals surface area contributed by atoms with Gasteiger partial charge in [0.15, 0.2) is 0 Å². The first-order valence-electron chi connectivity index (χ1n) is 9.52. The molecule has 0 aliphatic heterocycles. The Morgan fingerprint density at radius 2 is 1.83 bits per heavy atom. The number of nitrogens with zero attached hydrogens (tertiary/aromatic N) is 4. The first kappa shape index (κ1) is 22.0. The van der Waals surface area contributed by atoms with Gasteiger partial charge in [-0.3, -0.25) is 0 Å². The molecule has 3 rings (SSSR count). The van der Waals surface area contributed by atoms with Crippen LogP contribution in [0.4, 0.5) is 0 Å². The molecule has 3 aromatic rings. The van der Waals surface area contributed by atoms with E-state index < -0.39 is 10.0 Å². The lowest BCUT2D eigenvalue weighted by Gasteiger charge is -2.18. The largest absolute Gasteiger partial charge is 0.411 e. The zero-order valence-corrected chi connectivity index (χ0v) is 18.4. The summed E-state index contributed by atoms with van der Waals surface area (Å²) in [5.41, 5.74) is 1.56. The minimum Gasteiger partial charge on any atom is -0.411 e. The van der Waals surface area contributed by atoms with Crippen molar-refractivity contribution in [3.05, 3.63) is 60.2 Å². The Labute approximate surface area is 180 Å². The van der Waals surface area contributed by atoms with Crippen LogP contribution in [0, 0.1) is 11.3 Å². The SMILES string of the molecule is CCN(CC)S(=O)(=O)c1cccc(-c2nnc(SC(C#N)Cc3ccccc3)o2)c1. The quantitative estimate of drug-likeness (QED) is 0.462. The molecule has 1 unspecified atom stereocenters. The van der Waals surface area contributed by atoms with Crippen molar-refractivity contribution >= 4 is 21.8 Å². The summed E-state index contributed by atoms with van der Waals surface area (Å²) in [7, 11) is -3.59. The van der Waals surface area contributed by atoms with Gasteiger partial charge in [-0.25, -0.2) is 8.42 Å². The summed E-state index contributed by atoms with van der Waals surface area (Å²) < 4.78 is 32.6. The molecular weight excluding hydrogens is 420 g/mol. The molecule has 2 aromatic carbocycles. The number of benzene rings is 2. The second-order valence-corrected chi connectivity index (χ2v) is 9.51. The Kier molecular flexibility index (Phi) is 7.26. The Morgan fingerprint density at radius 3 is 2.50 bits per heavy atom. The molecular formula is C21H22N4O3S2. The van der Waals surface area contributed by atoms with E-state index in [2.05, 4.69) is 16.3 Å². The molecule has 1 aromatic heterocycles. The molecule has 0 spiro atoms. The minimum absolute atomic E-state index is 0.176. The van der Waals surface area contributed by atoms with Crippen molar-refractivity contribution in [3.8, 4) is 17.5 Å². The lowest BCUT2D eigenvalue weighted by molar-refractivity contribution is 0.445. The lowest BCUT2D eigenvalue weighted by atomic mass is 10.1. The fourth-order valence-electron chi connectivity index (χ4n) is 2.94. The zero-order chi connectivity index (χ0) is 21.6. The standard InChI is InChI=1S/C21H22N4O3S2/c1-3-25(4-2)30(26,27)19-12-8-11-17(14-19)20-23-24-21(28-20)29-18(15-22)13-16-9-6-5-7-10-16/h5-12,14,18H,3-4,13H2,1-2H3. The maximum atomic E-state index is 12.8. The third-order valence-corrected chi connectivity index (χ3v) is 7.45. The van der Waals surface area contributed by atoms with Gasteiger partial charge in [0.2, 0.25) is 15.9 Å². The molecule has 7 nitrogen and oxygen atoms in total. The summed E-state index contributed by atoms with van der Waals surface area (Å²) in [6.07, 6.45) is 0.553. The van der Waals surface area contributed by atoms with E-state index in [-0.39, 0.29) is 21.3 Å². The van der Waals surface area contributed by atoms with Gasteiger partial charge in [-0.15, -0.1) is 10.2 Å². The molecule has 0 amide bonds. The molecule has 0 bridgehead atoms. The first-order valence-corrected chi connectivity index (χ1v) is 11.8. The van der Waals surface area contributed by atoms with Crippen molar-refractivity contribution in [2.45, 2.75) is 35.6 Å². The van der Waals surface area contributed by atoms with E-state index in [0.717, 1.165) is 5.56 Å². The highest BCUT2D eigenvalue weighted by atomic mass is 32.2. The Hall–Kier alpha value is -2.67. The molecule has 0 fully saturated rings. The Morgan fingerprint density at radius 1 is 1.10 bits per heavy atom. The van der Waals surface area contributed by atoms with Gasteiger partial charge in [-0.1, -0.05) is 50.2 Å². The maximum Gasteiger partial charge on any atom is 0.278 e. The molecule has 0 N–H and O–H groups in total. The number of nitriles is 1. The fraction of sp³-hybridized carbons (Fsp3) is 0.286. The van der Waals surface area contributed by atoms with Crippen LogP contribution in [0.15, 0.2) is 69.1 Å². The van der Waals surface area contributed by atoms with Crippen molar-refractivity contribution in [1.29, 1.82) is 5.26 Å². The topological polar surface area (TPSA) is 100 Å². The van der Waals surface area contributed by atoms with Crippen molar-refractivity contribution in [1.82, 2.24) is 14.5 Å². The summed E-state index contributed by atoms with van der Waals surface area (Å²) in [6, 6.07) is 18.4. The second-order valence-electron chi connectivity index (χ2n) is 6.42. The van der Waals surface area contributed by atoms with Gasteiger partial charge in [-0.05, 0) is 41.9 Å². The van der Waals surface area contributed by atoms with E-state index in [1.807, 2.05) is 30.3 Å². The van der Waals surface area contributed by atoms with E-state index in [1.54, 1.807) is 32.0 Å². The summed E-state index contributed by atoms with van der Waals surface area (Å²) in [4.78, 5) is 0.176. The molecule has 156 valence electrons. The van der Waals surface area contributed by atoms with Gasteiger partial charge < -0.3 is 4.42 Å². The second kappa shape index (κ2) is 9.89. The summed E-state index contributed by atoms with van der Waals surface area (Å²) in [5, 5.41) is 17.4. The Bertz CT molecular complexity index is 1120. The zero-order valence-electron chi connectivity index (χ0n) is 16.7. The van der Waals surface area contributed by atoms with E-state index in [1.165, 1.54) is 22.1 Å². The van der Waals surface area contributed by atoms with Crippen LogP contribution in [0.3, 0.4) is 0 Å². The number of sulfonamides is 1. The molecule has 0 radical (unpaired) electrons. The van der Waals surface area contributed by atoms with Gasteiger partial charge in [0.05, 0.1) is 11.0 Å². The van der Waals surface area contributed by atoms with Crippen molar-refractivity contribution < 1.29 is 12.8 Å². The van der Waals surface area contributed by atoms with Crippen LogP contribution >= 0.6 is 11.8 Å². The molecule has 30 heavy (non-hydrogen) atoms. The van der Waals surface area contributed by atoms with E-state index in [0.29, 0.717) is 25.1 Å². The smallest absolute Gasteiger partial charge is 0.278 e. The predicted octanol–water partition coefficient (Wildman–Crippen LogP) is 3.99. The first-order chi connectivity index (χ1) is 14.5. The molecule has 0 saturated carbocycles. The van der Waals surface area contributed by atoms with Crippen LogP contribution in [0.5, 0.6) is 0 Å². The number of rotatable bonds is 9. The van der Waals surface area contributed by atoms with E-state index in [9.17, 15) is 13.7 Å².